The topological polar surface area (TPSA) is 70.1 Å². The average Bonchev–Trinajstić information content (AvgIpc) is 2.98. The van der Waals surface area contributed by atoms with Crippen molar-refractivity contribution in [2.75, 3.05) is 33.8 Å². The summed E-state index contributed by atoms with van der Waals surface area (Å²) in [5, 5.41) is 11.4. The summed E-state index contributed by atoms with van der Waals surface area (Å²) in [4.78, 5) is 29.3. The molecule has 6 nitrogen and oxygen atoms in total. The SMILES string of the molecule is CCOc1ccc(/C(O)=C2\C(=O)C(=O)N(CCN(C)C)[C@@H]2c2ccc(Br)cc2)cc1Cl. The van der Waals surface area contributed by atoms with Crippen LogP contribution in [0.15, 0.2) is 52.5 Å². The third-order valence-corrected chi connectivity index (χ3v) is 5.84. The van der Waals surface area contributed by atoms with Gasteiger partial charge in [-0.15, -0.1) is 0 Å². The number of hydrogen-bond acceptors (Lipinski definition) is 5. The number of carbonyl (C=O) groups excluding carboxylic acids is 2. The van der Waals surface area contributed by atoms with Crippen LogP contribution >= 0.6 is 27.5 Å². The maximum Gasteiger partial charge on any atom is 0.295 e. The van der Waals surface area contributed by atoms with Gasteiger partial charge in [0.25, 0.3) is 11.7 Å². The zero-order valence-corrected chi connectivity index (χ0v) is 19.9. The number of ketones is 1. The molecule has 1 amide bonds. The summed E-state index contributed by atoms with van der Waals surface area (Å²) >= 11 is 9.69. The molecule has 164 valence electrons. The molecule has 0 saturated carbocycles. The number of aliphatic hydroxyl groups is 1. The Morgan fingerprint density at radius 1 is 1.19 bits per heavy atom. The summed E-state index contributed by atoms with van der Waals surface area (Å²) in [7, 11) is 3.79. The minimum atomic E-state index is -0.714. The fourth-order valence-corrected chi connectivity index (χ4v) is 3.99. The Bertz CT molecular complexity index is 1020. The first-order chi connectivity index (χ1) is 14.7. The van der Waals surface area contributed by atoms with Crippen LogP contribution < -0.4 is 4.74 Å². The first-order valence-electron chi connectivity index (χ1n) is 9.86. The van der Waals surface area contributed by atoms with Crippen molar-refractivity contribution in [2.45, 2.75) is 13.0 Å². The summed E-state index contributed by atoms with van der Waals surface area (Å²) < 4.78 is 6.31. The molecule has 2 aromatic carbocycles. The molecule has 0 radical (unpaired) electrons. The number of benzene rings is 2. The number of ether oxygens (including phenoxy) is 1. The van der Waals surface area contributed by atoms with Gasteiger partial charge in [0.1, 0.15) is 11.5 Å². The molecule has 31 heavy (non-hydrogen) atoms. The molecule has 1 aliphatic heterocycles. The minimum Gasteiger partial charge on any atom is -0.507 e. The lowest BCUT2D eigenvalue weighted by Crippen LogP contribution is -2.35. The van der Waals surface area contributed by atoms with Crippen molar-refractivity contribution in [3.05, 3.63) is 68.7 Å². The fraction of sp³-hybridized carbons (Fsp3) is 0.304. The molecule has 1 saturated heterocycles. The van der Waals surface area contributed by atoms with Gasteiger partial charge in [-0.3, -0.25) is 9.59 Å². The van der Waals surface area contributed by atoms with Crippen LogP contribution in [-0.2, 0) is 9.59 Å². The Balaban J connectivity index is 2.12. The smallest absolute Gasteiger partial charge is 0.295 e. The average molecular weight is 508 g/mol. The predicted molar refractivity (Wildman–Crippen MR) is 124 cm³/mol. The van der Waals surface area contributed by atoms with E-state index in [-0.39, 0.29) is 11.3 Å². The van der Waals surface area contributed by atoms with Crippen molar-refractivity contribution in [2.24, 2.45) is 0 Å². The lowest BCUT2D eigenvalue weighted by molar-refractivity contribution is -0.140. The molecule has 0 aliphatic carbocycles. The molecular weight excluding hydrogens is 484 g/mol. The van der Waals surface area contributed by atoms with E-state index in [1.165, 1.54) is 11.0 Å². The predicted octanol–water partition coefficient (Wildman–Crippen LogP) is 4.48. The molecule has 1 heterocycles. The number of amides is 1. The van der Waals surface area contributed by atoms with E-state index in [0.29, 0.717) is 36.0 Å². The van der Waals surface area contributed by atoms with Crippen LogP contribution in [0.2, 0.25) is 5.02 Å². The number of likely N-dealkylation sites (tertiary alicyclic amines) is 1. The van der Waals surface area contributed by atoms with Crippen LogP contribution in [-0.4, -0.2) is 60.4 Å². The maximum atomic E-state index is 13.0. The Morgan fingerprint density at radius 2 is 1.87 bits per heavy atom. The van der Waals surface area contributed by atoms with Crippen LogP contribution in [0, 0.1) is 0 Å². The van der Waals surface area contributed by atoms with Gasteiger partial charge in [-0.25, -0.2) is 0 Å². The van der Waals surface area contributed by atoms with E-state index in [2.05, 4.69) is 15.9 Å². The molecule has 0 aromatic heterocycles. The highest BCUT2D eigenvalue weighted by Gasteiger charge is 2.45. The number of nitrogens with zero attached hydrogens (tertiary/aromatic N) is 2. The van der Waals surface area contributed by atoms with Crippen LogP contribution in [0.5, 0.6) is 5.75 Å². The highest BCUT2D eigenvalue weighted by Crippen LogP contribution is 2.40. The maximum absolute atomic E-state index is 13.0. The number of Topliss-reactive ketones (excluding diaryl/α,β-unsaturated/α-hetero) is 1. The van der Waals surface area contributed by atoms with E-state index in [9.17, 15) is 14.7 Å². The minimum absolute atomic E-state index is 0.0475. The molecule has 0 spiro atoms. The second kappa shape index (κ2) is 9.85. The highest BCUT2D eigenvalue weighted by atomic mass is 79.9. The molecular formula is C23H24BrClN2O4. The van der Waals surface area contributed by atoms with Crippen LogP contribution in [0.4, 0.5) is 0 Å². The van der Waals surface area contributed by atoms with E-state index in [1.807, 2.05) is 50.2 Å². The van der Waals surface area contributed by atoms with Crippen LogP contribution in [0.1, 0.15) is 24.1 Å². The molecule has 0 bridgehead atoms. The monoisotopic (exact) mass is 506 g/mol. The largest absolute Gasteiger partial charge is 0.507 e. The summed E-state index contributed by atoms with van der Waals surface area (Å²) in [6.07, 6.45) is 0. The van der Waals surface area contributed by atoms with Gasteiger partial charge in [0.15, 0.2) is 0 Å². The van der Waals surface area contributed by atoms with Crippen LogP contribution in [0.25, 0.3) is 5.76 Å². The van der Waals surface area contributed by atoms with Crippen molar-refractivity contribution >= 4 is 45.0 Å². The van der Waals surface area contributed by atoms with Gasteiger partial charge in [0.2, 0.25) is 0 Å². The van der Waals surface area contributed by atoms with Crippen molar-refractivity contribution in [3.63, 3.8) is 0 Å². The summed E-state index contributed by atoms with van der Waals surface area (Å²) in [5.74, 6) is -1.12. The van der Waals surface area contributed by atoms with Crippen molar-refractivity contribution < 1.29 is 19.4 Å². The molecule has 0 unspecified atom stereocenters. The number of aliphatic hydroxyl groups excluding tert-OH is 1. The number of halogens is 2. The van der Waals surface area contributed by atoms with Crippen LogP contribution in [0.3, 0.4) is 0 Å². The Labute approximate surface area is 195 Å². The molecule has 1 fully saturated rings. The zero-order valence-electron chi connectivity index (χ0n) is 17.6. The number of rotatable bonds is 7. The Kier molecular flexibility index (Phi) is 7.41. The molecule has 2 aromatic rings. The van der Waals surface area contributed by atoms with Gasteiger partial charge < -0.3 is 19.6 Å². The molecule has 1 atom stereocenters. The van der Waals surface area contributed by atoms with Gasteiger partial charge >= 0.3 is 0 Å². The third kappa shape index (κ3) is 4.95. The first-order valence-corrected chi connectivity index (χ1v) is 11.0. The summed E-state index contributed by atoms with van der Waals surface area (Å²) in [6.45, 7) is 3.22. The normalized spacial score (nSPS) is 18.1. The van der Waals surface area contributed by atoms with Gasteiger partial charge in [-0.2, -0.15) is 0 Å². The molecule has 8 heteroatoms. The van der Waals surface area contributed by atoms with Gasteiger partial charge in [0.05, 0.1) is 23.2 Å². The van der Waals surface area contributed by atoms with E-state index >= 15 is 0 Å². The lowest BCUT2D eigenvalue weighted by atomic mass is 9.95. The highest BCUT2D eigenvalue weighted by molar-refractivity contribution is 9.10. The van der Waals surface area contributed by atoms with E-state index in [0.717, 1.165) is 10.0 Å². The van der Waals surface area contributed by atoms with E-state index in [1.54, 1.807) is 12.1 Å². The molecule has 1 N–H and O–H groups in total. The van der Waals surface area contributed by atoms with Gasteiger partial charge in [-0.05, 0) is 56.9 Å². The fourth-order valence-electron chi connectivity index (χ4n) is 3.49. The Hall–Kier alpha value is -2.35. The van der Waals surface area contributed by atoms with Gasteiger partial charge in [0, 0.05) is 23.1 Å². The van der Waals surface area contributed by atoms with Crippen molar-refractivity contribution in [1.82, 2.24) is 9.80 Å². The third-order valence-electron chi connectivity index (χ3n) is 5.02. The van der Waals surface area contributed by atoms with E-state index in [4.69, 9.17) is 16.3 Å². The second-order valence-corrected chi connectivity index (χ2v) is 8.75. The zero-order chi connectivity index (χ0) is 22.7. The van der Waals surface area contributed by atoms with E-state index < -0.39 is 17.7 Å². The second-order valence-electron chi connectivity index (χ2n) is 7.43. The van der Waals surface area contributed by atoms with Crippen molar-refractivity contribution in [1.29, 1.82) is 0 Å². The summed E-state index contributed by atoms with van der Waals surface area (Å²) in [6, 6.07) is 11.5. The molecule has 1 aliphatic rings. The molecule has 3 rings (SSSR count). The number of carbonyl (C=O) groups is 2. The standard InChI is InChI=1S/C23H24BrClN2O4/c1-4-31-18-10-7-15(13-17(18)25)21(28)19-20(14-5-8-16(24)9-6-14)27(12-11-26(2)3)23(30)22(19)29/h5-10,13,20,28H,4,11-12H2,1-3H3/b21-19+/t20-/m1/s1. The summed E-state index contributed by atoms with van der Waals surface area (Å²) in [5.41, 5.74) is 1.13. The van der Waals surface area contributed by atoms with Gasteiger partial charge in [-0.1, -0.05) is 39.7 Å². The number of hydrogen-bond donors (Lipinski definition) is 1. The quantitative estimate of drug-likeness (QED) is 0.340. The number of likely N-dealkylation sites (N-methyl/N-ethyl adjacent to an activating group) is 1. The Morgan fingerprint density at radius 3 is 2.45 bits per heavy atom. The first kappa shape index (κ1) is 23.3. The van der Waals surface area contributed by atoms with Crippen molar-refractivity contribution in [3.8, 4) is 5.75 Å². The lowest BCUT2D eigenvalue weighted by Gasteiger charge is -2.26.